The van der Waals surface area contributed by atoms with E-state index in [0.717, 1.165) is 35.6 Å². The van der Waals surface area contributed by atoms with Gasteiger partial charge in [0, 0.05) is 24.6 Å². The van der Waals surface area contributed by atoms with Crippen molar-refractivity contribution in [2.75, 3.05) is 19.9 Å². The Hall–Kier alpha value is -2.63. The van der Waals surface area contributed by atoms with Crippen LogP contribution in [0, 0.1) is 11.6 Å². The predicted molar refractivity (Wildman–Crippen MR) is 82.2 cm³/mol. The molecular weight excluding hydrogens is 316 g/mol. The minimum Gasteiger partial charge on any atom is -0.454 e. The largest absolute Gasteiger partial charge is 0.454 e. The molecule has 0 spiro atoms. The van der Waals surface area contributed by atoms with Gasteiger partial charge >= 0.3 is 0 Å². The van der Waals surface area contributed by atoms with E-state index in [2.05, 4.69) is 0 Å². The number of fused-ring (bicyclic) bond motifs is 1. The maximum absolute atomic E-state index is 13.3. The smallest absolute Gasteiger partial charge is 0.253 e. The van der Waals surface area contributed by atoms with Crippen molar-refractivity contribution in [3.8, 4) is 11.5 Å². The maximum atomic E-state index is 13.3. The van der Waals surface area contributed by atoms with Crippen LogP contribution in [0.2, 0.25) is 0 Å². The van der Waals surface area contributed by atoms with E-state index in [4.69, 9.17) is 9.47 Å². The van der Waals surface area contributed by atoms with Crippen molar-refractivity contribution in [1.82, 2.24) is 4.90 Å². The summed E-state index contributed by atoms with van der Waals surface area (Å²) in [6.45, 7) is 1.35. The summed E-state index contributed by atoms with van der Waals surface area (Å²) in [6, 6.07) is 9.04. The molecule has 0 saturated carbocycles. The van der Waals surface area contributed by atoms with E-state index in [1.807, 2.05) is 18.2 Å². The van der Waals surface area contributed by atoms with Crippen LogP contribution in [0.4, 0.5) is 8.78 Å². The van der Waals surface area contributed by atoms with Crippen LogP contribution in [0.25, 0.3) is 0 Å². The number of carbonyl (C=O) groups is 1. The van der Waals surface area contributed by atoms with Gasteiger partial charge in [0.05, 0.1) is 0 Å². The highest BCUT2D eigenvalue weighted by molar-refractivity contribution is 5.94. The Balaban J connectivity index is 1.49. The molecule has 2 aromatic rings. The normalized spacial score (nSPS) is 18.9. The number of halogens is 2. The van der Waals surface area contributed by atoms with Crippen molar-refractivity contribution in [1.29, 1.82) is 0 Å². The Bertz CT molecular complexity index is 809. The second-order valence-corrected chi connectivity index (χ2v) is 5.98. The number of amides is 1. The average Bonchev–Trinajstić information content (AvgIpc) is 3.24. The summed E-state index contributed by atoms with van der Waals surface area (Å²) in [5.74, 6) is -0.603. The molecule has 2 aliphatic heterocycles. The van der Waals surface area contributed by atoms with Gasteiger partial charge in [0.15, 0.2) is 23.1 Å². The molecule has 1 atom stereocenters. The van der Waals surface area contributed by atoms with Gasteiger partial charge in [-0.2, -0.15) is 0 Å². The van der Waals surface area contributed by atoms with Crippen LogP contribution in [0.5, 0.6) is 11.5 Å². The summed E-state index contributed by atoms with van der Waals surface area (Å²) in [5, 5.41) is 0. The second kappa shape index (κ2) is 5.78. The van der Waals surface area contributed by atoms with Gasteiger partial charge in [-0.05, 0) is 42.3 Å². The SMILES string of the molecule is O=C(c1ccc(F)c(F)c1)N1CC[C@H](c2ccc3c(c2)OCO3)C1. The molecule has 0 aromatic heterocycles. The van der Waals surface area contributed by atoms with Crippen molar-refractivity contribution < 1.29 is 23.0 Å². The first-order valence-electron chi connectivity index (χ1n) is 7.75. The lowest BCUT2D eigenvalue weighted by Gasteiger charge is -2.17. The number of rotatable bonds is 2. The van der Waals surface area contributed by atoms with Crippen molar-refractivity contribution >= 4 is 5.91 Å². The number of benzene rings is 2. The van der Waals surface area contributed by atoms with Crippen molar-refractivity contribution in [3.05, 3.63) is 59.2 Å². The molecule has 0 unspecified atom stereocenters. The van der Waals surface area contributed by atoms with Crippen LogP contribution < -0.4 is 9.47 Å². The second-order valence-electron chi connectivity index (χ2n) is 5.98. The van der Waals surface area contributed by atoms with Gasteiger partial charge in [-0.25, -0.2) is 8.78 Å². The summed E-state index contributed by atoms with van der Waals surface area (Å²) in [5.41, 5.74) is 1.25. The zero-order chi connectivity index (χ0) is 16.7. The molecule has 4 rings (SSSR count). The van der Waals surface area contributed by atoms with Crippen molar-refractivity contribution in [2.24, 2.45) is 0 Å². The predicted octanol–water partition coefficient (Wildman–Crippen LogP) is 3.32. The monoisotopic (exact) mass is 331 g/mol. The molecule has 2 aliphatic rings. The quantitative estimate of drug-likeness (QED) is 0.847. The van der Waals surface area contributed by atoms with Gasteiger partial charge in [-0.15, -0.1) is 0 Å². The summed E-state index contributed by atoms with van der Waals surface area (Å²) >= 11 is 0. The fourth-order valence-corrected chi connectivity index (χ4v) is 3.20. The van der Waals surface area contributed by atoms with E-state index >= 15 is 0 Å². The first kappa shape index (κ1) is 14.9. The lowest BCUT2D eigenvalue weighted by atomic mass is 9.98. The number of ether oxygens (including phenoxy) is 2. The van der Waals surface area contributed by atoms with E-state index in [-0.39, 0.29) is 24.2 Å². The third-order valence-electron chi connectivity index (χ3n) is 4.51. The Morgan fingerprint density at radius 1 is 1.04 bits per heavy atom. The van der Waals surface area contributed by atoms with Crippen molar-refractivity contribution in [2.45, 2.75) is 12.3 Å². The first-order valence-corrected chi connectivity index (χ1v) is 7.75. The molecule has 1 fully saturated rings. The highest BCUT2D eigenvalue weighted by Gasteiger charge is 2.29. The van der Waals surface area contributed by atoms with Gasteiger partial charge in [0.2, 0.25) is 6.79 Å². The standard InChI is InChI=1S/C18H15F2NO3/c19-14-3-1-12(7-15(14)20)18(22)21-6-5-13(9-21)11-2-4-16-17(8-11)24-10-23-16/h1-4,7-8,13H,5-6,9-10H2/t13-/m0/s1. The van der Waals surface area contributed by atoms with Crippen LogP contribution in [-0.2, 0) is 0 Å². The molecule has 2 aromatic carbocycles. The molecule has 6 heteroatoms. The Morgan fingerprint density at radius 2 is 1.88 bits per heavy atom. The molecular formula is C18H15F2NO3. The highest BCUT2D eigenvalue weighted by Crippen LogP contribution is 2.37. The number of nitrogens with zero attached hydrogens (tertiary/aromatic N) is 1. The molecule has 1 saturated heterocycles. The molecule has 0 N–H and O–H groups in total. The lowest BCUT2D eigenvalue weighted by Crippen LogP contribution is -2.28. The van der Waals surface area contributed by atoms with Gasteiger partial charge in [-0.3, -0.25) is 4.79 Å². The minimum atomic E-state index is -1.01. The molecule has 0 aliphatic carbocycles. The molecule has 4 nitrogen and oxygen atoms in total. The fraction of sp³-hybridized carbons (Fsp3) is 0.278. The molecule has 1 amide bonds. The average molecular weight is 331 g/mol. The summed E-state index contributed by atoms with van der Waals surface area (Å²) in [4.78, 5) is 14.1. The Labute approximate surface area is 137 Å². The third kappa shape index (κ3) is 2.58. The zero-order valence-electron chi connectivity index (χ0n) is 12.8. The zero-order valence-corrected chi connectivity index (χ0v) is 12.8. The van der Waals surface area contributed by atoms with Crippen LogP contribution in [-0.4, -0.2) is 30.7 Å². The summed E-state index contributed by atoms with van der Waals surface area (Å²) in [6.07, 6.45) is 0.815. The first-order chi connectivity index (χ1) is 11.6. The minimum absolute atomic E-state index is 0.167. The fourth-order valence-electron chi connectivity index (χ4n) is 3.20. The van der Waals surface area contributed by atoms with Crippen molar-refractivity contribution in [3.63, 3.8) is 0 Å². The Morgan fingerprint density at radius 3 is 2.71 bits per heavy atom. The van der Waals surface area contributed by atoms with E-state index in [0.29, 0.717) is 13.1 Å². The van der Waals surface area contributed by atoms with E-state index in [1.54, 1.807) is 4.90 Å². The summed E-state index contributed by atoms with van der Waals surface area (Å²) in [7, 11) is 0. The maximum Gasteiger partial charge on any atom is 0.253 e. The van der Waals surface area contributed by atoms with Crippen LogP contribution >= 0.6 is 0 Å². The van der Waals surface area contributed by atoms with E-state index in [1.165, 1.54) is 6.07 Å². The molecule has 0 bridgehead atoms. The van der Waals surface area contributed by atoms with Gasteiger partial charge in [0.1, 0.15) is 0 Å². The van der Waals surface area contributed by atoms with Crippen LogP contribution in [0.1, 0.15) is 28.3 Å². The van der Waals surface area contributed by atoms with Gasteiger partial charge in [0.25, 0.3) is 5.91 Å². The number of likely N-dealkylation sites (tertiary alicyclic amines) is 1. The third-order valence-corrected chi connectivity index (χ3v) is 4.51. The number of hydrogen-bond acceptors (Lipinski definition) is 3. The topological polar surface area (TPSA) is 38.8 Å². The molecule has 2 heterocycles. The Kier molecular flexibility index (Phi) is 3.59. The number of hydrogen-bond donors (Lipinski definition) is 0. The van der Waals surface area contributed by atoms with Crippen LogP contribution in [0.3, 0.4) is 0 Å². The molecule has 124 valence electrons. The highest BCUT2D eigenvalue weighted by atomic mass is 19.2. The van der Waals surface area contributed by atoms with Gasteiger partial charge in [-0.1, -0.05) is 6.07 Å². The lowest BCUT2D eigenvalue weighted by molar-refractivity contribution is 0.0790. The van der Waals surface area contributed by atoms with Crippen LogP contribution in [0.15, 0.2) is 36.4 Å². The number of carbonyl (C=O) groups excluding carboxylic acids is 1. The van der Waals surface area contributed by atoms with E-state index in [9.17, 15) is 13.6 Å². The van der Waals surface area contributed by atoms with E-state index < -0.39 is 11.6 Å². The van der Waals surface area contributed by atoms with Gasteiger partial charge < -0.3 is 14.4 Å². The molecule has 24 heavy (non-hydrogen) atoms. The molecule has 0 radical (unpaired) electrons. The summed E-state index contributed by atoms with van der Waals surface area (Å²) < 4.78 is 37.0.